The molecule has 3 N–H and O–H groups in total. The maximum Gasteiger partial charge on any atom is 0.253 e. The van der Waals surface area contributed by atoms with Crippen molar-refractivity contribution in [2.24, 2.45) is 5.92 Å². The van der Waals surface area contributed by atoms with Gasteiger partial charge in [0.05, 0.1) is 11.7 Å². The van der Waals surface area contributed by atoms with Gasteiger partial charge in [-0.05, 0) is 18.9 Å². The topological polar surface area (TPSA) is 65.1 Å². The van der Waals surface area contributed by atoms with E-state index in [1.165, 1.54) is 0 Å². The minimum atomic E-state index is -0.505. The van der Waals surface area contributed by atoms with E-state index in [2.05, 4.69) is 10.3 Å². The van der Waals surface area contributed by atoms with E-state index in [1.807, 2.05) is 45.0 Å². The number of aromatic nitrogens is 1. The Morgan fingerprint density at radius 1 is 1.40 bits per heavy atom. The van der Waals surface area contributed by atoms with Crippen LogP contribution in [0.15, 0.2) is 24.3 Å². The first-order valence-electron chi connectivity index (χ1n) is 7.08. The van der Waals surface area contributed by atoms with Gasteiger partial charge >= 0.3 is 0 Å². The Kier molecular flexibility index (Phi) is 4.45. The third-order valence-electron chi connectivity index (χ3n) is 3.89. The molecular weight excluding hydrogens is 252 g/mol. The molecule has 0 bridgehead atoms. The minimum Gasteiger partial charge on any atom is -0.391 e. The lowest BCUT2D eigenvalue weighted by Gasteiger charge is -2.17. The van der Waals surface area contributed by atoms with Crippen LogP contribution in [0.3, 0.4) is 0 Å². The molecule has 4 nitrogen and oxygen atoms in total. The molecule has 4 heteroatoms. The monoisotopic (exact) mass is 274 g/mol. The van der Waals surface area contributed by atoms with Crippen LogP contribution in [-0.2, 0) is 0 Å². The summed E-state index contributed by atoms with van der Waals surface area (Å²) in [5, 5.41) is 13.7. The van der Waals surface area contributed by atoms with Gasteiger partial charge in [-0.3, -0.25) is 4.79 Å². The number of H-pyrrole nitrogens is 1. The molecule has 108 valence electrons. The first-order chi connectivity index (χ1) is 9.54. The van der Waals surface area contributed by atoms with Crippen molar-refractivity contribution in [3.8, 4) is 0 Å². The third-order valence-corrected chi connectivity index (χ3v) is 3.89. The third kappa shape index (κ3) is 2.85. The molecule has 2 atom stereocenters. The van der Waals surface area contributed by atoms with Crippen molar-refractivity contribution in [3.63, 3.8) is 0 Å². The van der Waals surface area contributed by atoms with Crippen LogP contribution in [0.25, 0.3) is 10.9 Å². The summed E-state index contributed by atoms with van der Waals surface area (Å²) in [5.74, 6) is 0.0432. The standard InChI is InChI=1S/C16H22N2O2/c1-4-10(2)14(19)9-17-16(20)15-11(3)18-13-8-6-5-7-12(13)15/h5-8,10,14,18-19H,4,9H2,1-3H3,(H,17,20). The molecule has 0 spiro atoms. The number of rotatable bonds is 5. The highest BCUT2D eigenvalue weighted by Gasteiger charge is 2.18. The van der Waals surface area contributed by atoms with Gasteiger partial charge in [-0.25, -0.2) is 0 Å². The van der Waals surface area contributed by atoms with Gasteiger partial charge in [0.15, 0.2) is 0 Å². The first-order valence-corrected chi connectivity index (χ1v) is 7.08. The van der Waals surface area contributed by atoms with Crippen molar-refractivity contribution in [2.75, 3.05) is 6.54 Å². The summed E-state index contributed by atoms with van der Waals surface area (Å²) in [6, 6.07) is 7.74. The van der Waals surface area contributed by atoms with E-state index < -0.39 is 6.10 Å². The number of carbonyl (C=O) groups is 1. The summed E-state index contributed by atoms with van der Waals surface area (Å²) in [4.78, 5) is 15.5. The van der Waals surface area contributed by atoms with Crippen molar-refractivity contribution in [1.82, 2.24) is 10.3 Å². The lowest BCUT2D eigenvalue weighted by molar-refractivity contribution is 0.0851. The summed E-state index contributed by atoms with van der Waals surface area (Å²) in [5.41, 5.74) is 2.47. The zero-order valence-electron chi connectivity index (χ0n) is 12.2. The van der Waals surface area contributed by atoms with E-state index in [1.54, 1.807) is 0 Å². The van der Waals surface area contributed by atoms with Crippen LogP contribution < -0.4 is 5.32 Å². The minimum absolute atomic E-state index is 0.137. The molecule has 0 saturated heterocycles. The van der Waals surface area contributed by atoms with Crippen LogP contribution >= 0.6 is 0 Å². The maximum atomic E-state index is 12.3. The average molecular weight is 274 g/mol. The number of aryl methyl sites for hydroxylation is 1. The number of benzene rings is 1. The van der Waals surface area contributed by atoms with Crippen LogP contribution in [0.2, 0.25) is 0 Å². The second-order valence-corrected chi connectivity index (χ2v) is 5.33. The fraction of sp³-hybridized carbons (Fsp3) is 0.438. The van der Waals surface area contributed by atoms with Crippen LogP contribution in [0.4, 0.5) is 0 Å². The first kappa shape index (κ1) is 14.6. The van der Waals surface area contributed by atoms with Crippen LogP contribution in [0.1, 0.15) is 36.3 Å². The highest BCUT2D eigenvalue weighted by atomic mass is 16.3. The molecule has 0 fully saturated rings. The van der Waals surface area contributed by atoms with Crippen molar-refractivity contribution in [2.45, 2.75) is 33.3 Å². The molecule has 0 radical (unpaired) electrons. The summed E-state index contributed by atoms with van der Waals surface area (Å²) >= 11 is 0. The zero-order valence-corrected chi connectivity index (χ0v) is 12.2. The molecule has 0 aliphatic carbocycles. The van der Waals surface area contributed by atoms with Gasteiger partial charge in [-0.15, -0.1) is 0 Å². The van der Waals surface area contributed by atoms with Crippen LogP contribution in [-0.4, -0.2) is 28.6 Å². The molecule has 1 heterocycles. The molecule has 1 aromatic heterocycles. The molecule has 2 aromatic rings. The molecule has 20 heavy (non-hydrogen) atoms. The second-order valence-electron chi connectivity index (χ2n) is 5.33. The largest absolute Gasteiger partial charge is 0.391 e. The van der Waals surface area contributed by atoms with Crippen molar-refractivity contribution >= 4 is 16.8 Å². The van der Waals surface area contributed by atoms with E-state index in [0.29, 0.717) is 5.56 Å². The van der Waals surface area contributed by atoms with Crippen molar-refractivity contribution in [3.05, 3.63) is 35.5 Å². The highest BCUT2D eigenvalue weighted by molar-refractivity contribution is 6.08. The van der Waals surface area contributed by atoms with E-state index in [9.17, 15) is 9.90 Å². The number of aliphatic hydroxyl groups is 1. The Morgan fingerprint density at radius 3 is 2.80 bits per heavy atom. The van der Waals surface area contributed by atoms with Crippen LogP contribution in [0, 0.1) is 12.8 Å². The van der Waals surface area contributed by atoms with Crippen molar-refractivity contribution < 1.29 is 9.90 Å². The van der Waals surface area contributed by atoms with Gasteiger partial charge in [-0.1, -0.05) is 38.5 Å². The number of hydrogen-bond donors (Lipinski definition) is 3. The summed E-state index contributed by atoms with van der Waals surface area (Å²) in [6.07, 6.45) is 0.387. The van der Waals surface area contributed by atoms with Crippen molar-refractivity contribution in [1.29, 1.82) is 0 Å². The van der Waals surface area contributed by atoms with E-state index in [4.69, 9.17) is 0 Å². The van der Waals surface area contributed by atoms with Gasteiger partial charge in [0.25, 0.3) is 5.91 Å². The smallest absolute Gasteiger partial charge is 0.253 e. The van der Waals surface area contributed by atoms with Crippen LogP contribution in [0.5, 0.6) is 0 Å². The number of amides is 1. The molecule has 1 amide bonds. The quantitative estimate of drug-likeness (QED) is 0.784. The van der Waals surface area contributed by atoms with Gasteiger partial charge in [0, 0.05) is 23.1 Å². The summed E-state index contributed by atoms with van der Waals surface area (Å²) in [7, 11) is 0. The van der Waals surface area contributed by atoms with Gasteiger partial charge in [0.1, 0.15) is 0 Å². The SMILES string of the molecule is CCC(C)C(O)CNC(=O)c1c(C)[nH]c2ccccc12. The predicted octanol–water partition coefficient (Wildman–Crippen LogP) is 2.61. The summed E-state index contributed by atoms with van der Waals surface area (Å²) < 4.78 is 0. The number of carbonyl (C=O) groups excluding carboxylic acids is 1. The molecule has 0 aliphatic rings. The number of para-hydroxylation sites is 1. The predicted molar refractivity (Wildman–Crippen MR) is 80.8 cm³/mol. The second kappa shape index (κ2) is 6.09. The lowest BCUT2D eigenvalue weighted by Crippen LogP contribution is -2.35. The zero-order chi connectivity index (χ0) is 14.7. The molecular formula is C16H22N2O2. The fourth-order valence-electron chi connectivity index (χ4n) is 2.33. The maximum absolute atomic E-state index is 12.3. The Labute approximate surface area is 119 Å². The summed E-state index contributed by atoms with van der Waals surface area (Å²) in [6.45, 7) is 6.18. The van der Waals surface area contributed by atoms with Gasteiger partial charge in [0.2, 0.25) is 0 Å². The molecule has 0 aliphatic heterocycles. The van der Waals surface area contributed by atoms with E-state index in [-0.39, 0.29) is 18.4 Å². The highest BCUT2D eigenvalue weighted by Crippen LogP contribution is 2.21. The number of hydrogen-bond acceptors (Lipinski definition) is 2. The number of nitrogens with one attached hydrogen (secondary N) is 2. The number of fused-ring (bicyclic) bond motifs is 1. The van der Waals surface area contributed by atoms with E-state index in [0.717, 1.165) is 23.0 Å². The lowest BCUT2D eigenvalue weighted by atomic mass is 10.0. The number of aromatic amines is 1. The van der Waals surface area contributed by atoms with E-state index >= 15 is 0 Å². The Morgan fingerprint density at radius 2 is 2.10 bits per heavy atom. The molecule has 2 rings (SSSR count). The Hall–Kier alpha value is -1.81. The van der Waals surface area contributed by atoms with Gasteiger partial charge in [-0.2, -0.15) is 0 Å². The Bertz CT molecular complexity index is 604. The Balaban J connectivity index is 2.14. The normalized spacial score (nSPS) is 14.2. The molecule has 0 saturated carbocycles. The average Bonchev–Trinajstić information content (AvgIpc) is 2.79. The molecule has 2 unspecified atom stereocenters. The van der Waals surface area contributed by atoms with Gasteiger partial charge < -0.3 is 15.4 Å². The fourth-order valence-corrected chi connectivity index (χ4v) is 2.33. The number of aliphatic hydroxyl groups excluding tert-OH is 1. The molecule has 1 aromatic carbocycles.